The lowest BCUT2D eigenvalue weighted by Crippen LogP contribution is -2.17. The molecule has 0 unspecified atom stereocenters. The lowest BCUT2D eigenvalue weighted by atomic mass is 10.1. The first kappa shape index (κ1) is 8.81. The second-order valence-corrected chi connectivity index (χ2v) is 3.30. The summed E-state index contributed by atoms with van der Waals surface area (Å²) in [6, 6.07) is 7.85. The zero-order chi connectivity index (χ0) is 10.1. The van der Waals surface area contributed by atoms with Gasteiger partial charge in [-0.15, -0.1) is 0 Å². The minimum Gasteiger partial charge on any atom is -0.354 e. The van der Waals surface area contributed by atoms with Crippen LogP contribution >= 0.6 is 0 Å². The predicted octanol–water partition coefficient (Wildman–Crippen LogP) is 1.84. The van der Waals surface area contributed by atoms with E-state index in [1.807, 2.05) is 31.2 Å². The number of aromatic amines is 1. The number of carbonyl (C=O) groups excluding carboxylic acids is 1. The Morgan fingerprint density at radius 2 is 2.21 bits per heavy atom. The van der Waals surface area contributed by atoms with Crippen LogP contribution in [-0.4, -0.2) is 17.9 Å². The van der Waals surface area contributed by atoms with E-state index in [1.54, 1.807) is 7.05 Å². The molecule has 1 aromatic carbocycles. The standard InChI is InChI=1S/C11H12N2O/c1-7-4-3-5-9-8(7)6-10(13-9)11(14)12-2/h3-6,13H,1-2H3,(H,12,14). The Morgan fingerprint density at radius 1 is 1.43 bits per heavy atom. The SMILES string of the molecule is CNC(=O)c1cc2c(C)cccc2[nH]1. The molecule has 0 bridgehead atoms. The lowest BCUT2D eigenvalue weighted by molar-refractivity contribution is 0.0959. The molecule has 0 spiro atoms. The number of benzene rings is 1. The summed E-state index contributed by atoms with van der Waals surface area (Å²) in [6.07, 6.45) is 0. The lowest BCUT2D eigenvalue weighted by Gasteiger charge is -1.92. The third-order valence-electron chi connectivity index (χ3n) is 2.35. The van der Waals surface area contributed by atoms with Crippen LogP contribution in [0, 0.1) is 6.92 Å². The van der Waals surface area contributed by atoms with E-state index in [4.69, 9.17) is 0 Å². The fraction of sp³-hybridized carbons (Fsp3) is 0.182. The molecule has 0 radical (unpaired) electrons. The predicted molar refractivity (Wildman–Crippen MR) is 56.4 cm³/mol. The molecule has 3 nitrogen and oxygen atoms in total. The van der Waals surface area contributed by atoms with Crippen LogP contribution in [0.5, 0.6) is 0 Å². The van der Waals surface area contributed by atoms with Crippen LogP contribution in [0.2, 0.25) is 0 Å². The number of H-pyrrole nitrogens is 1. The molecule has 14 heavy (non-hydrogen) atoms. The minimum absolute atomic E-state index is 0.0828. The molecule has 1 heterocycles. The third-order valence-corrected chi connectivity index (χ3v) is 2.35. The van der Waals surface area contributed by atoms with Crippen LogP contribution in [0.4, 0.5) is 0 Å². The molecular formula is C11H12N2O. The zero-order valence-corrected chi connectivity index (χ0v) is 8.22. The van der Waals surface area contributed by atoms with Gasteiger partial charge in [0.05, 0.1) is 0 Å². The highest BCUT2D eigenvalue weighted by atomic mass is 16.1. The molecule has 0 aliphatic carbocycles. The maximum atomic E-state index is 11.4. The molecule has 3 heteroatoms. The van der Waals surface area contributed by atoms with Crippen LogP contribution < -0.4 is 5.32 Å². The van der Waals surface area contributed by atoms with E-state index >= 15 is 0 Å². The first-order valence-corrected chi connectivity index (χ1v) is 4.53. The number of nitrogens with one attached hydrogen (secondary N) is 2. The summed E-state index contributed by atoms with van der Waals surface area (Å²) in [6.45, 7) is 2.03. The summed E-state index contributed by atoms with van der Waals surface area (Å²) >= 11 is 0. The van der Waals surface area contributed by atoms with Gasteiger partial charge in [-0.05, 0) is 24.6 Å². The van der Waals surface area contributed by atoms with Crippen molar-refractivity contribution in [1.82, 2.24) is 10.3 Å². The normalized spacial score (nSPS) is 10.4. The van der Waals surface area contributed by atoms with Crippen molar-refractivity contribution in [3.05, 3.63) is 35.5 Å². The fourth-order valence-electron chi connectivity index (χ4n) is 1.56. The summed E-state index contributed by atoms with van der Waals surface area (Å²) in [4.78, 5) is 14.4. The van der Waals surface area contributed by atoms with Gasteiger partial charge in [-0.3, -0.25) is 4.79 Å². The monoisotopic (exact) mass is 188 g/mol. The van der Waals surface area contributed by atoms with Crippen molar-refractivity contribution in [2.24, 2.45) is 0 Å². The highest BCUT2D eigenvalue weighted by molar-refractivity contribution is 5.98. The van der Waals surface area contributed by atoms with Gasteiger partial charge in [0, 0.05) is 18.0 Å². The third kappa shape index (κ3) is 1.27. The fourth-order valence-corrected chi connectivity index (χ4v) is 1.56. The van der Waals surface area contributed by atoms with Gasteiger partial charge in [0.2, 0.25) is 0 Å². The molecule has 0 saturated heterocycles. The van der Waals surface area contributed by atoms with Gasteiger partial charge in [0.25, 0.3) is 5.91 Å². The Hall–Kier alpha value is -1.77. The van der Waals surface area contributed by atoms with Gasteiger partial charge in [-0.1, -0.05) is 12.1 Å². The number of aryl methyl sites for hydroxylation is 1. The van der Waals surface area contributed by atoms with Crippen molar-refractivity contribution in [3.63, 3.8) is 0 Å². The molecule has 2 rings (SSSR count). The molecule has 0 fully saturated rings. The molecular weight excluding hydrogens is 176 g/mol. The molecule has 1 aromatic heterocycles. The number of amides is 1. The van der Waals surface area contributed by atoms with Crippen molar-refractivity contribution >= 4 is 16.8 Å². The average Bonchev–Trinajstić information content (AvgIpc) is 2.62. The van der Waals surface area contributed by atoms with Gasteiger partial charge in [-0.25, -0.2) is 0 Å². The Balaban J connectivity index is 2.62. The van der Waals surface area contributed by atoms with E-state index in [0.717, 1.165) is 10.9 Å². The van der Waals surface area contributed by atoms with Crippen LogP contribution in [0.25, 0.3) is 10.9 Å². The summed E-state index contributed by atoms with van der Waals surface area (Å²) in [7, 11) is 1.63. The van der Waals surface area contributed by atoms with Crippen LogP contribution in [-0.2, 0) is 0 Å². The molecule has 0 aliphatic heterocycles. The van der Waals surface area contributed by atoms with E-state index in [0.29, 0.717) is 5.69 Å². The summed E-state index contributed by atoms with van der Waals surface area (Å²) in [5.74, 6) is -0.0828. The van der Waals surface area contributed by atoms with E-state index < -0.39 is 0 Å². The van der Waals surface area contributed by atoms with Crippen LogP contribution in [0.15, 0.2) is 24.3 Å². The van der Waals surface area contributed by atoms with Crippen molar-refractivity contribution < 1.29 is 4.79 Å². The summed E-state index contributed by atoms with van der Waals surface area (Å²) < 4.78 is 0. The van der Waals surface area contributed by atoms with Gasteiger partial charge in [-0.2, -0.15) is 0 Å². The van der Waals surface area contributed by atoms with Crippen molar-refractivity contribution in [1.29, 1.82) is 0 Å². The quantitative estimate of drug-likeness (QED) is 0.704. The molecule has 1 amide bonds. The zero-order valence-electron chi connectivity index (χ0n) is 8.22. The molecule has 0 atom stereocenters. The molecule has 0 aliphatic rings. The smallest absolute Gasteiger partial charge is 0.267 e. The van der Waals surface area contributed by atoms with Gasteiger partial charge in [0.15, 0.2) is 0 Å². The number of hydrogen-bond donors (Lipinski definition) is 2. The molecule has 2 N–H and O–H groups in total. The first-order chi connectivity index (χ1) is 6.72. The van der Waals surface area contributed by atoms with E-state index in [1.165, 1.54) is 5.56 Å². The van der Waals surface area contributed by atoms with Gasteiger partial charge < -0.3 is 10.3 Å². The van der Waals surface area contributed by atoms with Gasteiger partial charge >= 0.3 is 0 Å². The van der Waals surface area contributed by atoms with E-state index in [-0.39, 0.29) is 5.91 Å². The highest BCUT2D eigenvalue weighted by Crippen LogP contribution is 2.18. The second kappa shape index (κ2) is 3.18. The van der Waals surface area contributed by atoms with Crippen molar-refractivity contribution in [2.45, 2.75) is 6.92 Å². The second-order valence-electron chi connectivity index (χ2n) is 3.30. The largest absolute Gasteiger partial charge is 0.354 e. The van der Waals surface area contributed by atoms with E-state index in [2.05, 4.69) is 10.3 Å². The number of hydrogen-bond acceptors (Lipinski definition) is 1. The molecule has 2 aromatic rings. The number of aromatic nitrogens is 1. The van der Waals surface area contributed by atoms with Crippen molar-refractivity contribution in [2.75, 3.05) is 7.05 Å². The Bertz CT molecular complexity index is 485. The van der Waals surface area contributed by atoms with Gasteiger partial charge in [0.1, 0.15) is 5.69 Å². The van der Waals surface area contributed by atoms with Crippen LogP contribution in [0.1, 0.15) is 16.1 Å². The molecule has 72 valence electrons. The Kier molecular flexibility index (Phi) is 2.00. The maximum Gasteiger partial charge on any atom is 0.267 e. The maximum absolute atomic E-state index is 11.4. The topological polar surface area (TPSA) is 44.9 Å². The summed E-state index contributed by atoms with van der Waals surface area (Å²) in [5, 5.41) is 3.69. The van der Waals surface area contributed by atoms with E-state index in [9.17, 15) is 4.79 Å². The number of carbonyl (C=O) groups is 1. The first-order valence-electron chi connectivity index (χ1n) is 4.53. The highest BCUT2D eigenvalue weighted by Gasteiger charge is 2.07. The van der Waals surface area contributed by atoms with Crippen LogP contribution in [0.3, 0.4) is 0 Å². The Morgan fingerprint density at radius 3 is 2.86 bits per heavy atom. The number of rotatable bonds is 1. The van der Waals surface area contributed by atoms with Crippen molar-refractivity contribution in [3.8, 4) is 0 Å². The summed E-state index contributed by atoms with van der Waals surface area (Å²) in [5.41, 5.74) is 2.79. The average molecular weight is 188 g/mol. The minimum atomic E-state index is -0.0828. The molecule has 0 saturated carbocycles. The number of fused-ring (bicyclic) bond motifs is 1. The Labute approximate surface area is 82.1 Å².